The fourth-order valence-corrected chi connectivity index (χ4v) is 4.57. The van der Waals surface area contributed by atoms with Gasteiger partial charge in [-0.25, -0.2) is 0 Å². The number of hydrogen-bond donors (Lipinski definition) is 0. The molecule has 2 fully saturated rings. The van der Waals surface area contributed by atoms with Crippen LogP contribution in [-0.2, 0) is 9.47 Å². The molecule has 2 heteroatoms. The van der Waals surface area contributed by atoms with Crippen LogP contribution < -0.4 is 0 Å². The molecule has 0 radical (unpaired) electrons. The molecule has 19 heavy (non-hydrogen) atoms. The van der Waals surface area contributed by atoms with E-state index in [1.165, 1.54) is 19.3 Å². The second kappa shape index (κ2) is 4.73. The second-order valence-corrected chi connectivity index (χ2v) is 8.02. The van der Waals surface area contributed by atoms with Crippen LogP contribution in [0.1, 0.15) is 67.2 Å². The van der Waals surface area contributed by atoms with Gasteiger partial charge in [0.2, 0.25) is 0 Å². The first-order chi connectivity index (χ1) is 8.63. The van der Waals surface area contributed by atoms with E-state index in [0.717, 1.165) is 24.2 Å². The molecular formula is C17H32O2. The summed E-state index contributed by atoms with van der Waals surface area (Å²) in [6.07, 6.45) is 5.22. The Labute approximate surface area is 119 Å². The molecule has 2 saturated carbocycles. The molecule has 2 rings (SSSR count). The van der Waals surface area contributed by atoms with Gasteiger partial charge in [-0.2, -0.15) is 0 Å². The first-order valence-electron chi connectivity index (χ1n) is 7.88. The number of ether oxygens (including phenoxy) is 2. The third-order valence-electron chi connectivity index (χ3n) is 6.39. The molecular weight excluding hydrogens is 236 g/mol. The molecule has 1 unspecified atom stereocenters. The predicted molar refractivity (Wildman–Crippen MR) is 79.0 cm³/mol. The Balaban J connectivity index is 2.23. The maximum Gasteiger partial charge on any atom is 0.163 e. The molecule has 0 heterocycles. The third-order valence-corrected chi connectivity index (χ3v) is 6.39. The molecule has 2 nitrogen and oxygen atoms in total. The standard InChI is InChI=1S/C17H32O2/c1-12-8-9-14-13(12)10-11-17(6,15(14,2)3)19-16(4,5)18-7/h12-14H,8-11H2,1-7H3/t12-,13?,14-,17+/m1/s1. The summed E-state index contributed by atoms with van der Waals surface area (Å²) in [6.45, 7) is 13.6. The van der Waals surface area contributed by atoms with Crippen molar-refractivity contribution in [2.75, 3.05) is 7.11 Å². The molecule has 4 atom stereocenters. The van der Waals surface area contributed by atoms with E-state index >= 15 is 0 Å². The van der Waals surface area contributed by atoms with Crippen molar-refractivity contribution in [2.45, 2.75) is 78.6 Å². The molecule has 0 aromatic carbocycles. The van der Waals surface area contributed by atoms with Gasteiger partial charge >= 0.3 is 0 Å². The van der Waals surface area contributed by atoms with Crippen LogP contribution >= 0.6 is 0 Å². The van der Waals surface area contributed by atoms with Crippen molar-refractivity contribution in [1.82, 2.24) is 0 Å². The Kier molecular flexibility index (Phi) is 3.81. The van der Waals surface area contributed by atoms with E-state index in [1.807, 2.05) is 13.8 Å². The summed E-state index contributed by atoms with van der Waals surface area (Å²) >= 11 is 0. The summed E-state index contributed by atoms with van der Waals surface area (Å²) in [5.74, 6) is 2.10. The molecule has 0 aromatic rings. The lowest BCUT2D eigenvalue weighted by Gasteiger charge is -2.56. The summed E-state index contributed by atoms with van der Waals surface area (Å²) in [4.78, 5) is 0. The van der Waals surface area contributed by atoms with E-state index in [-0.39, 0.29) is 11.0 Å². The van der Waals surface area contributed by atoms with E-state index in [9.17, 15) is 0 Å². The van der Waals surface area contributed by atoms with Crippen LogP contribution in [0.4, 0.5) is 0 Å². The highest BCUT2D eigenvalue weighted by Gasteiger charge is 2.57. The van der Waals surface area contributed by atoms with Crippen molar-refractivity contribution >= 4 is 0 Å². The van der Waals surface area contributed by atoms with E-state index in [2.05, 4.69) is 27.7 Å². The molecule has 0 amide bonds. The lowest BCUT2D eigenvalue weighted by molar-refractivity contribution is -0.299. The van der Waals surface area contributed by atoms with Gasteiger partial charge in [-0.05, 0) is 63.2 Å². The minimum Gasteiger partial charge on any atom is -0.354 e. The van der Waals surface area contributed by atoms with Crippen LogP contribution in [0.2, 0.25) is 0 Å². The minimum atomic E-state index is -0.497. The summed E-state index contributed by atoms with van der Waals surface area (Å²) < 4.78 is 12.0. The summed E-state index contributed by atoms with van der Waals surface area (Å²) in [6, 6.07) is 0. The van der Waals surface area contributed by atoms with Gasteiger partial charge in [0, 0.05) is 7.11 Å². The zero-order chi connectivity index (χ0) is 14.5. The summed E-state index contributed by atoms with van der Waals surface area (Å²) in [7, 11) is 1.74. The molecule has 0 spiro atoms. The zero-order valence-electron chi connectivity index (χ0n) is 13.9. The highest BCUT2D eigenvalue weighted by Crippen LogP contribution is 2.59. The number of hydrogen-bond acceptors (Lipinski definition) is 2. The lowest BCUT2D eigenvalue weighted by atomic mass is 9.56. The zero-order valence-corrected chi connectivity index (χ0v) is 13.9. The molecule has 0 bridgehead atoms. The van der Waals surface area contributed by atoms with E-state index in [4.69, 9.17) is 9.47 Å². The first-order valence-corrected chi connectivity index (χ1v) is 7.88. The SMILES string of the molecule is COC(C)(C)O[C@@]1(C)CCC2[C@H](C)CC[C@H]2C1(C)C. The van der Waals surface area contributed by atoms with Crippen LogP contribution in [-0.4, -0.2) is 18.5 Å². The third kappa shape index (κ3) is 2.47. The number of methoxy groups -OCH3 is 1. The van der Waals surface area contributed by atoms with Gasteiger partial charge in [0.25, 0.3) is 0 Å². The minimum absolute atomic E-state index is 0.0856. The average Bonchev–Trinajstić information content (AvgIpc) is 2.67. The largest absolute Gasteiger partial charge is 0.354 e. The van der Waals surface area contributed by atoms with Crippen LogP contribution in [0.5, 0.6) is 0 Å². The Morgan fingerprint density at radius 1 is 1.05 bits per heavy atom. The first kappa shape index (κ1) is 15.3. The number of rotatable bonds is 3. The van der Waals surface area contributed by atoms with Crippen molar-refractivity contribution in [1.29, 1.82) is 0 Å². The second-order valence-electron chi connectivity index (χ2n) is 8.02. The normalized spacial score (nSPS) is 42.2. The van der Waals surface area contributed by atoms with E-state index < -0.39 is 5.79 Å². The molecule has 2 aliphatic rings. The summed E-state index contributed by atoms with van der Waals surface area (Å²) in [5, 5.41) is 0. The van der Waals surface area contributed by atoms with Crippen LogP contribution in [0.15, 0.2) is 0 Å². The Morgan fingerprint density at radius 3 is 2.26 bits per heavy atom. The Morgan fingerprint density at radius 2 is 1.68 bits per heavy atom. The molecule has 2 aliphatic carbocycles. The fraction of sp³-hybridized carbons (Fsp3) is 1.00. The Hall–Kier alpha value is -0.0800. The van der Waals surface area contributed by atoms with Gasteiger partial charge in [-0.3, -0.25) is 0 Å². The van der Waals surface area contributed by atoms with Gasteiger partial charge in [0.05, 0.1) is 5.60 Å². The highest BCUT2D eigenvalue weighted by molar-refractivity contribution is 5.05. The number of fused-ring (bicyclic) bond motifs is 1. The maximum atomic E-state index is 6.45. The molecule has 0 aromatic heterocycles. The van der Waals surface area contributed by atoms with Crippen LogP contribution in [0.25, 0.3) is 0 Å². The van der Waals surface area contributed by atoms with Crippen molar-refractivity contribution in [2.24, 2.45) is 23.2 Å². The molecule has 0 N–H and O–H groups in total. The molecule has 0 saturated heterocycles. The molecule has 112 valence electrons. The average molecular weight is 268 g/mol. The van der Waals surface area contributed by atoms with Crippen molar-refractivity contribution in [3.8, 4) is 0 Å². The maximum absolute atomic E-state index is 6.45. The van der Waals surface area contributed by atoms with Crippen LogP contribution in [0, 0.1) is 23.2 Å². The molecule has 0 aliphatic heterocycles. The van der Waals surface area contributed by atoms with Crippen molar-refractivity contribution in [3.05, 3.63) is 0 Å². The van der Waals surface area contributed by atoms with Gasteiger partial charge < -0.3 is 9.47 Å². The van der Waals surface area contributed by atoms with E-state index in [0.29, 0.717) is 0 Å². The van der Waals surface area contributed by atoms with Crippen molar-refractivity contribution < 1.29 is 9.47 Å². The van der Waals surface area contributed by atoms with Gasteiger partial charge in [0.1, 0.15) is 0 Å². The predicted octanol–water partition coefficient (Wildman–Crippen LogP) is 4.63. The van der Waals surface area contributed by atoms with Crippen LogP contribution in [0.3, 0.4) is 0 Å². The Bertz CT molecular complexity index is 334. The lowest BCUT2D eigenvalue weighted by Crippen LogP contribution is -2.57. The van der Waals surface area contributed by atoms with Gasteiger partial charge in [-0.1, -0.05) is 27.2 Å². The van der Waals surface area contributed by atoms with Gasteiger partial charge in [-0.15, -0.1) is 0 Å². The van der Waals surface area contributed by atoms with Gasteiger partial charge in [0.15, 0.2) is 5.79 Å². The fourth-order valence-electron chi connectivity index (χ4n) is 4.57. The summed E-state index contributed by atoms with van der Waals surface area (Å²) in [5.41, 5.74) is 0.133. The quantitative estimate of drug-likeness (QED) is 0.695. The van der Waals surface area contributed by atoms with Crippen molar-refractivity contribution in [3.63, 3.8) is 0 Å². The van der Waals surface area contributed by atoms with E-state index in [1.54, 1.807) is 7.11 Å². The monoisotopic (exact) mass is 268 g/mol. The highest BCUT2D eigenvalue weighted by atomic mass is 16.7. The smallest absolute Gasteiger partial charge is 0.163 e. The topological polar surface area (TPSA) is 18.5 Å².